The van der Waals surface area contributed by atoms with Crippen LogP contribution >= 0.6 is 22.9 Å². The molecule has 0 aliphatic carbocycles. The van der Waals surface area contributed by atoms with Crippen LogP contribution in [0.3, 0.4) is 0 Å². The summed E-state index contributed by atoms with van der Waals surface area (Å²) in [5, 5.41) is 10.4. The van der Waals surface area contributed by atoms with Gasteiger partial charge in [0.2, 0.25) is 0 Å². The Kier molecular flexibility index (Phi) is 6.40. The third-order valence-corrected chi connectivity index (χ3v) is 6.44. The molecule has 1 aliphatic heterocycles. The van der Waals surface area contributed by atoms with E-state index >= 15 is 0 Å². The summed E-state index contributed by atoms with van der Waals surface area (Å²) in [7, 11) is 1.46. The lowest BCUT2D eigenvalue weighted by Gasteiger charge is -2.24. The number of aromatic hydroxyl groups is 1. The van der Waals surface area contributed by atoms with E-state index in [0.717, 1.165) is 5.56 Å². The molecule has 2 heterocycles. The van der Waals surface area contributed by atoms with E-state index in [1.54, 1.807) is 56.3 Å². The molecule has 1 unspecified atom stereocenters. The van der Waals surface area contributed by atoms with Gasteiger partial charge in [-0.25, -0.2) is 9.79 Å². The van der Waals surface area contributed by atoms with Gasteiger partial charge in [0, 0.05) is 5.02 Å². The number of rotatable bonds is 5. The van der Waals surface area contributed by atoms with Crippen LogP contribution in [-0.4, -0.2) is 29.4 Å². The summed E-state index contributed by atoms with van der Waals surface area (Å²) in [6.07, 6.45) is 1.70. The average Bonchev–Trinajstić information content (AvgIpc) is 3.09. The standard InChI is InChI=1S/C24H21ClN2O5S/c1-4-32-23(30)20-13(2)26-24-27(21(20)15-6-8-16(25)9-7-15)22(29)19(33-24)12-14-5-10-17(28)18(11-14)31-3/h5-12,21,28H,4H2,1-3H3. The van der Waals surface area contributed by atoms with Crippen molar-refractivity contribution in [1.29, 1.82) is 0 Å². The van der Waals surface area contributed by atoms with Crippen molar-refractivity contribution in [3.8, 4) is 11.5 Å². The number of methoxy groups -OCH3 is 1. The molecule has 0 fully saturated rings. The zero-order valence-corrected chi connectivity index (χ0v) is 19.7. The summed E-state index contributed by atoms with van der Waals surface area (Å²) in [5.74, 6) is -0.208. The van der Waals surface area contributed by atoms with Crippen LogP contribution in [0.2, 0.25) is 5.02 Å². The van der Waals surface area contributed by atoms with E-state index in [1.807, 2.05) is 0 Å². The highest BCUT2D eigenvalue weighted by Gasteiger charge is 2.33. The van der Waals surface area contributed by atoms with Crippen LogP contribution in [0.4, 0.5) is 0 Å². The average molecular weight is 485 g/mol. The summed E-state index contributed by atoms with van der Waals surface area (Å²) >= 11 is 7.29. The Morgan fingerprint density at radius 1 is 1.27 bits per heavy atom. The van der Waals surface area contributed by atoms with Crippen LogP contribution in [0.5, 0.6) is 11.5 Å². The fraction of sp³-hybridized carbons (Fsp3) is 0.208. The van der Waals surface area contributed by atoms with Gasteiger partial charge in [0.05, 0.1) is 35.6 Å². The van der Waals surface area contributed by atoms with Gasteiger partial charge in [0.1, 0.15) is 0 Å². The summed E-state index contributed by atoms with van der Waals surface area (Å²) in [6.45, 7) is 3.67. The van der Waals surface area contributed by atoms with E-state index in [2.05, 4.69) is 4.99 Å². The molecule has 0 spiro atoms. The third kappa shape index (κ3) is 4.31. The minimum atomic E-state index is -0.700. The van der Waals surface area contributed by atoms with Crippen molar-refractivity contribution in [2.45, 2.75) is 19.9 Å². The molecule has 3 aromatic rings. The van der Waals surface area contributed by atoms with E-state index in [4.69, 9.17) is 21.1 Å². The number of thiazole rings is 1. The number of halogens is 1. The molecule has 2 aromatic carbocycles. The smallest absolute Gasteiger partial charge is 0.338 e. The molecular weight excluding hydrogens is 464 g/mol. The second kappa shape index (κ2) is 9.25. The van der Waals surface area contributed by atoms with Crippen LogP contribution in [0, 0.1) is 0 Å². The monoisotopic (exact) mass is 484 g/mol. The number of hydrogen-bond acceptors (Lipinski definition) is 7. The first-order valence-electron chi connectivity index (χ1n) is 10.2. The summed E-state index contributed by atoms with van der Waals surface area (Å²) < 4.78 is 12.4. The largest absolute Gasteiger partial charge is 0.504 e. The van der Waals surface area contributed by atoms with Crippen LogP contribution in [-0.2, 0) is 9.53 Å². The molecule has 1 N–H and O–H groups in total. The van der Waals surface area contributed by atoms with Gasteiger partial charge in [0.15, 0.2) is 16.3 Å². The molecule has 0 saturated heterocycles. The van der Waals surface area contributed by atoms with Gasteiger partial charge in [-0.3, -0.25) is 9.36 Å². The molecule has 170 valence electrons. The number of phenols is 1. The lowest BCUT2D eigenvalue weighted by atomic mass is 9.96. The Balaban J connectivity index is 1.94. The second-order valence-electron chi connectivity index (χ2n) is 7.29. The van der Waals surface area contributed by atoms with Crippen molar-refractivity contribution in [3.63, 3.8) is 0 Å². The predicted molar refractivity (Wildman–Crippen MR) is 127 cm³/mol. The Hall–Kier alpha value is -3.36. The fourth-order valence-electron chi connectivity index (χ4n) is 3.69. The van der Waals surface area contributed by atoms with Gasteiger partial charge in [-0.05, 0) is 55.3 Å². The number of phenolic OH excluding ortho intramolecular Hbond substituents is 1. The van der Waals surface area contributed by atoms with Gasteiger partial charge in [-0.1, -0.05) is 41.1 Å². The molecule has 1 atom stereocenters. The second-order valence-corrected chi connectivity index (χ2v) is 8.73. The number of fused-ring (bicyclic) bond motifs is 1. The predicted octanol–water partition coefficient (Wildman–Crippen LogP) is 3.17. The number of benzene rings is 2. The van der Waals surface area contributed by atoms with Gasteiger partial charge < -0.3 is 14.6 Å². The first kappa shape index (κ1) is 22.8. The van der Waals surface area contributed by atoms with Crippen molar-refractivity contribution >= 4 is 35.0 Å². The molecule has 4 rings (SSSR count). The van der Waals surface area contributed by atoms with Gasteiger partial charge in [-0.2, -0.15) is 0 Å². The Morgan fingerprint density at radius 2 is 2.00 bits per heavy atom. The highest BCUT2D eigenvalue weighted by atomic mass is 35.5. The number of allylic oxidation sites excluding steroid dienone is 1. The Bertz CT molecular complexity index is 1440. The molecule has 1 aromatic heterocycles. The topological polar surface area (TPSA) is 90.1 Å². The summed E-state index contributed by atoms with van der Waals surface area (Å²) in [4.78, 5) is 31.4. The highest BCUT2D eigenvalue weighted by molar-refractivity contribution is 7.07. The molecule has 0 radical (unpaired) electrons. The number of hydrogen-bond donors (Lipinski definition) is 1. The van der Waals surface area contributed by atoms with E-state index in [-0.39, 0.29) is 17.9 Å². The number of carbonyl (C=O) groups excluding carboxylic acids is 1. The van der Waals surface area contributed by atoms with Crippen LogP contribution in [0.15, 0.2) is 63.5 Å². The van der Waals surface area contributed by atoms with Crippen molar-refractivity contribution in [2.24, 2.45) is 4.99 Å². The minimum Gasteiger partial charge on any atom is -0.504 e. The molecule has 0 saturated carbocycles. The molecular formula is C24H21ClN2O5S. The minimum absolute atomic E-state index is 0.00792. The van der Waals surface area contributed by atoms with Crippen molar-refractivity contribution in [2.75, 3.05) is 13.7 Å². The molecule has 33 heavy (non-hydrogen) atoms. The van der Waals surface area contributed by atoms with Crippen LogP contribution in [0.25, 0.3) is 6.08 Å². The fourth-order valence-corrected chi connectivity index (χ4v) is 4.86. The lowest BCUT2D eigenvalue weighted by Crippen LogP contribution is -2.39. The maximum absolute atomic E-state index is 13.5. The summed E-state index contributed by atoms with van der Waals surface area (Å²) in [6, 6.07) is 11.1. The van der Waals surface area contributed by atoms with Gasteiger partial charge in [0.25, 0.3) is 5.56 Å². The first-order chi connectivity index (χ1) is 15.8. The normalized spacial score (nSPS) is 15.8. The number of carbonyl (C=O) groups is 1. The molecule has 7 nitrogen and oxygen atoms in total. The van der Waals surface area contributed by atoms with Gasteiger partial charge in [-0.15, -0.1) is 0 Å². The maximum atomic E-state index is 13.5. The number of aromatic nitrogens is 1. The van der Waals surface area contributed by atoms with Crippen LogP contribution < -0.4 is 19.6 Å². The highest BCUT2D eigenvalue weighted by Crippen LogP contribution is 2.31. The Morgan fingerprint density at radius 3 is 2.67 bits per heavy atom. The Labute approximate surface area is 198 Å². The lowest BCUT2D eigenvalue weighted by molar-refractivity contribution is -0.139. The maximum Gasteiger partial charge on any atom is 0.338 e. The van der Waals surface area contributed by atoms with Crippen molar-refractivity contribution in [3.05, 3.63) is 89.6 Å². The SMILES string of the molecule is CCOC(=O)C1=C(C)N=c2sc(=Cc3ccc(O)c(OC)c3)c(=O)n2C1c1ccc(Cl)cc1. The van der Waals surface area contributed by atoms with E-state index < -0.39 is 12.0 Å². The third-order valence-electron chi connectivity index (χ3n) is 5.20. The number of esters is 1. The quantitative estimate of drug-likeness (QED) is 0.562. The van der Waals surface area contributed by atoms with Crippen molar-refractivity contribution in [1.82, 2.24) is 4.57 Å². The van der Waals surface area contributed by atoms with E-state index in [1.165, 1.54) is 29.1 Å². The first-order valence-corrected chi connectivity index (χ1v) is 11.4. The molecule has 1 aliphatic rings. The molecule has 0 amide bonds. The van der Waals surface area contributed by atoms with Gasteiger partial charge >= 0.3 is 5.97 Å². The molecule has 9 heteroatoms. The van der Waals surface area contributed by atoms with Crippen molar-refractivity contribution < 1.29 is 19.4 Å². The van der Waals surface area contributed by atoms with E-state index in [9.17, 15) is 14.7 Å². The zero-order valence-electron chi connectivity index (χ0n) is 18.2. The molecule has 0 bridgehead atoms. The zero-order chi connectivity index (χ0) is 23.7. The number of nitrogens with zero attached hydrogens (tertiary/aromatic N) is 2. The van der Waals surface area contributed by atoms with Crippen LogP contribution in [0.1, 0.15) is 31.0 Å². The van der Waals surface area contributed by atoms with E-state index in [0.29, 0.717) is 36.9 Å². The summed E-state index contributed by atoms with van der Waals surface area (Å²) in [5.41, 5.74) is 1.91. The number of ether oxygens (including phenoxy) is 2.